The Labute approximate surface area is 141 Å². The zero-order valence-corrected chi connectivity index (χ0v) is 14.6. The quantitative estimate of drug-likeness (QED) is 0.865. The molecule has 1 aliphatic rings. The van der Waals surface area contributed by atoms with Crippen LogP contribution in [0.15, 0.2) is 29.6 Å². The Kier molecular flexibility index (Phi) is 5.08. The molecule has 2 aromatic rings. The third kappa shape index (κ3) is 4.18. The number of likely N-dealkylation sites (N-methyl/N-ethyl adjacent to an activating group) is 1. The molecule has 0 atom stereocenters. The van der Waals surface area contributed by atoms with Crippen molar-refractivity contribution in [2.24, 2.45) is 0 Å². The fraction of sp³-hybridized carbons (Fsp3) is 0.444. The van der Waals surface area contributed by atoms with E-state index in [-0.39, 0.29) is 5.91 Å². The van der Waals surface area contributed by atoms with E-state index >= 15 is 0 Å². The molecule has 23 heavy (non-hydrogen) atoms. The van der Waals surface area contributed by atoms with Crippen molar-refractivity contribution >= 4 is 17.2 Å². The summed E-state index contributed by atoms with van der Waals surface area (Å²) in [6.45, 7) is 5.73. The highest BCUT2D eigenvalue weighted by molar-refractivity contribution is 7.13. The van der Waals surface area contributed by atoms with Gasteiger partial charge in [0.05, 0.1) is 5.69 Å². The standard InChI is InChI=1S/C18H23N3OS/c1-14-3-5-15(6-4-14)18-19-16(13-23-18)7-8-17(22)21-11-9-20(2)10-12-21/h3-6,13H,7-12H2,1-2H3. The summed E-state index contributed by atoms with van der Waals surface area (Å²) < 4.78 is 0. The Morgan fingerprint density at radius 2 is 1.87 bits per heavy atom. The molecule has 1 fully saturated rings. The zero-order chi connectivity index (χ0) is 16.2. The fourth-order valence-corrected chi connectivity index (χ4v) is 3.56. The van der Waals surface area contributed by atoms with Crippen LogP contribution in [0.5, 0.6) is 0 Å². The average Bonchev–Trinajstić information content (AvgIpc) is 3.03. The minimum Gasteiger partial charge on any atom is -0.340 e. The maximum absolute atomic E-state index is 12.3. The summed E-state index contributed by atoms with van der Waals surface area (Å²) in [6, 6.07) is 8.42. The smallest absolute Gasteiger partial charge is 0.223 e. The van der Waals surface area contributed by atoms with Crippen LogP contribution in [0.4, 0.5) is 0 Å². The van der Waals surface area contributed by atoms with Gasteiger partial charge in [-0.3, -0.25) is 4.79 Å². The number of carbonyl (C=O) groups is 1. The van der Waals surface area contributed by atoms with Crippen molar-refractivity contribution in [2.75, 3.05) is 33.2 Å². The Morgan fingerprint density at radius 1 is 1.17 bits per heavy atom. The first kappa shape index (κ1) is 16.1. The van der Waals surface area contributed by atoms with E-state index in [4.69, 9.17) is 0 Å². The van der Waals surface area contributed by atoms with E-state index in [2.05, 4.69) is 53.5 Å². The topological polar surface area (TPSA) is 36.4 Å². The van der Waals surface area contributed by atoms with Crippen LogP contribution in [-0.4, -0.2) is 53.9 Å². The second-order valence-electron chi connectivity index (χ2n) is 6.19. The summed E-state index contributed by atoms with van der Waals surface area (Å²) in [7, 11) is 2.10. The van der Waals surface area contributed by atoms with Gasteiger partial charge < -0.3 is 9.80 Å². The van der Waals surface area contributed by atoms with E-state index in [1.54, 1.807) is 11.3 Å². The van der Waals surface area contributed by atoms with Gasteiger partial charge in [-0.1, -0.05) is 29.8 Å². The monoisotopic (exact) mass is 329 g/mol. The van der Waals surface area contributed by atoms with Crippen LogP contribution in [-0.2, 0) is 11.2 Å². The van der Waals surface area contributed by atoms with Crippen LogP contribution in [0.1, 0.15) is 17.7 Å². The summed E-state index contributed by atoms with van der Waals surface area (Å²) >= 11 is 1.65. The summed E-state index contributed by atoms with van der Waals surface area (Å²) in [6.07, 6.45) is 1.29. The molecule has 1 aliphatic heterocycles. The number of hydrogen-bond acceptors (Lipinski definition) is 4. The maximum Gasteiger partial charge on any atom is 0.223 e. The van der Waals surface area contributed by atoms with Gasteiger partial charge in [0, 0.05) is 43.5 Å². The Balaban J connectivity index is 1.55. The lowest BCUT2D eigenvalue weighted by Gasteiger charge is -2.32. The van der Waals surface area contributed by atoms with Crippen LogP contribution in [0.3, 0.4) is 0 Å². The molecule has 1 amide bonds. The van der Waals surface area contributed by atoms with Crippen molar-refractivity contribution in [3.63, 3.8) is 0 Å². The SMILES string of the molecule is Cc1ccc(-c2nc(CCC(=O)N3CCN(C)CC3)cs2)cc1. The minimum atomic E-state index is 0.253. The number of carbonyl (C=O) groups excluding carboxylic acids is 1. The van der Waals surface area contributed by atoms with E-state index in [9.17, 15) is 4.79 Å². The highest BCUT2D eigenvalue weighted by Gasteiger charge is 2.19. The van der Waals surface area contributed by atoms with Crippen molar-refractivity contribution in [1.29, 1.82) is 0 Å². The van der Waals surface area contributed by atoms with Crippen molar-refractivity contribution in [1.82, 2.24) is 14.8 Å². The normalized spacial score (nSPS) is 15.8. The van der Waals surface area contributed by atoms with Crippen LogP contribution < -0.4 is 0 Å². The highest BCUT2D eigenvalue weighted by atomic mass is 32.1. The number of aromatic nitrogens is 1. The molecule has 0 unspecified atom stereocenters. The molecule has 3 rings (SSSR count). The first-order chi connectivity index (χ1) is 11.1. The van der Waals surface area contributed by atoms with E-state index in [1.807, 2.05) is 4.90 Å². The molecule has 2 heterocycles. The molecule has 0 saturated carbocycles. The van der Waals surface area contributed by atoms with Gasteiger partial charge in [0.15, 0.2) is 0 Å². The first-order valence-corrected chi connectivity index (χ1v) is 8.97. The van der Waals surface area contributed by atoms with Gasteiger partial charge in [-0.15, -0.1) is 11.3 Å². The van der Waals surface area contributed by atoms with Gasteiger partial charge in [0.1, 0.15) is 5.01 Å². The average molecular weight is 329 g/mol. The van der Waals surface area contributed by atoms with Gasteiger partial charge in [-0.2, -0.15) is 0 Å². The molecule has 1 aromatic heterocycles. The molecule has 0 bridgehead atoms. The van der Waals surface area contributed by atoms with Crippen LogP contribution in [0.25, 0.3) is 10.6 Å². The maximum atomic E-state index is 12.3. The molecule has 122 valence electrons. The van der Waals surface area contributed by atoms with E-state index < -0.39 is 0 Å². The van der Waals surface area contributed by atoms with Gasteiger partial charge in [-0.05, 0) is 20.4 Å². The lowest BCUT2D eigenvalue weighted by atomic mass is 10.1. The van der Waals surface area contributed by atoms with E-state index in [1.165, 1.54) is 5.56 Å². The largest absolute Gasteiger partial charge is 0.340 e. The third-order valence-electron chi connectivity index (χ3n) is 4.30. The molecule has 4 nitrogen and oxygen atoms in total. The van der Waals surface area contributed by atoms with Gasteiger partial charge in [0.25, 0.3) is 0 Å². The van der Waals surface area contributed by atoms with Crippen LogP contribution in [0, 0.1) is 6.92 Å². The Bertz CT molecular complexity index is 657. The number of rotatable bonds is 4. The molecule has 5 heteroatoms. The third-order valence-corrected chi connectivity index (χ3v) is 5.24. The highest BCUT2D eigenvalue weighted by Crippen LogP contribution is 2.24. The predicted molar refractivity (Wildman–Crippen MR) is 94.7 cm³/mol. The molecular formula is C18H23N3OS. The lowest BCUT2D eigenvalue weighted by Crippen LogP contribution is -2.47. The van der Waals surface area contributed by atoms with Crippen molar-refractivity contribution in [3.05, 3.63) is 40.9 Å². The Morgan fingerprint density at radius 3 is 2.57 bits per heavy atom. The first-order valence-electron chi connectivity index (χ1n) is 8.09. The zero-order valence-electron chi connectivity index (χ0n) is 13.8. The van der Waals surface area contributed by atoms with E-state index in [0.717, 1.165) is 48.9 Å². The van der Waals surface area contributed by atoms with Crippen molar-refractivity contribution in [2.45, 2.75) is 19.8 Å². The van der Waals surface area contributed by atoms with Crippen LogP contribution in [0.2, 0.25) is 0 Å². The van der Waals surface area contributed by atoms with Crippen molar-refractivity contribution in [3.8, 4) is 10.6 Å². The van der Waals surface area contributed by atoms with Crippen LogP contribution >= 0.6 is 11.3 Å². The molecule has 1 saturated heterocycles. The number of nitrogens with zero attached hydrogens (tertiary/aromatic N) is 3. The number of amides is 1. The second-order valence-corrected chi connectivity index (χ2v) is 7.05. The number of aryl methyl sites for hydroxylation is 2. The number of benzene rings is 1. The lowest BCUT2D eigenvalue weighted by molar-refractivity contribution is -0.132. The molecular weight excluding hydrogens is 306 g/mol. The molecule has 0 aliphatic carbocycles. The van der Waals surface area contributed by atoms with Crippen molar-refractivity contribution < 1.29 is 4.79 Å². The fourth-order valence-electron chi connectivity index (χ4n) is 2.70. The van der Waals surface area contributed by atoms with Gasteiger partial charge in [-0.25, -0.2) is 4.98 Å². The molecule has 0 spiro atoms. The summed E-state index contributed by atoms with van der Waals surface area (Å²) in [5.41, 5.74) is 3.42. The second kappa shape index (κ2) is 7.23. The van der Waals surface area contributed by atoms with Gasteiger partial charge >= 0.3 is 0 Å². The van der Waals surface area contributed by atoms with E-state index in [0.29, 0.717) is 6.42 Å². The minimum absolute atomic E-state index is 0.253. The number of piperazine rings is 1. The predicted octanol–water partition coefficient (Wildman–Crippen LogP) is 2.83. The number of hydrogen-bond donors (Lipinski definition) is 0. The Hall–Kier alpha value is -1.72. The summed E-state index contributed by atoms with van der Waals surface area (Å²) in [5, 5.41) is 3.11. The summed E-state index contributed by atoms with van der Waals surface area (Å²) in [5.74, 6) is 0.253. The molecule has 0 radical (unpaired) electrons. The van der Waals surface area contributed by atoms with Gasteiger partial charge in [0.2, 0.25) is 5.91 Å². The molecule has 0 N–H and O–H groups in total. The number of thiazole rings is 1. The summed E-state index contributed by atoms with van der Waals surface area (Å²) in [4.78, 5) is 21.2. The molecule has 1 aromatic carbocycles.